The lowest BCUT2D eigenvalue weighted by molar-refractivity contribution is 0.430. The van der Waals surface area contributed by atoms with E-state index in [-0.39, 0.29) is 0 Å². The van der Waals surface area contributed by atoms with Crippen LogP contribution in [-0.4, -0.2) is 9.55 Å². The Balaban J connectivity index is 1.76. The molecule has 1 aliphatic rings. The first-order valence-electron chi connectivity index (χ1n) is 8.59. The highest BCUT2D eigenvalue weighted by Gasteiger charge is 2.21. The fraction of sp³-hybridized carbons (Fsp3) is 0.824. The summed E-state index contributed by atoms with van der Waals surface area (Å²) in [5.41, 5.74) is 7.45. The van der Waals surface area contributed by atoms with E-state index in [2.05, 4.69) is 18.4 Å². The van der Waals surface area contributed by atoms with Crippen molar-refractivity contribution in [3.05, 3.63) is 11.5 Å². The van der Waals surface area contributed by atoms with Gasteiger partial charge in [0, 0.05) is 12.5 Å². The number of nitrogens with two attached hydrogens (primary N) is 1. The van der Waals surface area contributed by atoms with E-state index in [9.17, 15) is 0 Å². The average molecular weight is 277 g/mol. The fourth-order valence-corrected chi connectivity index (χ4v) is 3.33. The van der Waals surface area contributed by atoms with Crippen molar-refractivity contribution in [1.29, 1.82) is 0 Å². The zero-order chi connectivity index (χ0) is 14.4. The number of anilines is 1. The van der Waals surface area contributed by atoms with Gasteiger partial charge in [0.15, 0.2) is 0 Å². The van der Waals surface area contributed by atoms with Crippen molar-refractivity contribution in [3.8, 4) is 0 Å². The van der Waals surface area contributed by atoms with Gasteiger partial charge in [-0.25, -0.2) is 4.98 Å². The molecule has 0 aromatic carbocycles. The van der Waals surface area contributed by atoms with Gasteiger partial charge in [-0.15, -0.1) is 0 Å². The van der Waals surface area contributed by atoms with E-state index < -0.39 is 0 Å². The molecule has 20 heavy (non-hydrogen) atoms. The van der Waals surface area contributed by atoms with Gasteiger partial charge in [0.1, 0.15) is 11.6 Å². The third-order valence-corrected chi connectivity index (χ3v) is 4.58. The normalized spacial score (nSPS) is 18.2. The molecular weight excluding hydrogens is 246 g/mol. The third kappa shape index (κ3) is 3.77. The molecule has 1 aliphatic heterocycles. The maximum absolute atomic E-state index is 6.30. The number of hydrogen-bond donors (Lipinski definition) is 1. The van der Waals surface area contributed by atoms with Crippen LogP contribution in [0.1, 0.15) is 89.2 Å². The van der Waals surface area contributed by atoms with Gasteiger partial charge in [0.2, 0.25) is 0 Å². The summed E-state index contributed by atoms with van der Waals surface area (Å²) in [7, 11) is 0. The Bertz CT molecular complexity index is 409. The van der Waals surface area contributed by atoms with Crippen molar-refractivity contribution in [3.63, 3.8) is 0 Å². The van der Waals surface area contributed by atoms with Gasteiger partial charge < -0.3 is 10.3 Å². The molecule has 3 nitrogen and oxygen atoms in total. The molecule has 0 bridgehead atoms. The van der Waals surface area contributed by atoms with Gasteiger partial charge in [-0.2, -0.15) is 0 Å². The summed E-state index contributed by atoms with van der Waals surface area (Å²) in [6, 6.07) is 0.536. The predicted octanol–water partition coefficient (Wildman–Crippen LogP) is 4.66. The summed E-state index contributed by atoms with van der Waals surface area (Å²) in [5, 5.41) is 0. The van der Waals surface area contributed by atoms with E-state index in [1.165, 1.54) is 63.6 Å². The van der Waals surface area contributed by atoms with Crippen LogP contribution in [0.4, 0.5) is 5.82 Å². The van der Waals surface area contributed by atoms with Crippen LogP contribution in [0.5, 0.6) is 0 Å². The quantitative estimate of drug-likeness (QED) is 0.702. The van der Waals surface area contributed by atoms with Crippen molar-refractivity contribution in [2.45, 2.75) is 90.5 Å². The highest BCUT2D eigenvalue weighted by molar-refractivity contribution is 5.39. The number of unbranched alkanes of at least 4 members (excludes halogenated alkanes) is 6. The molecule has 2 N–H and O–H groups in total. The second-order valence-electron chi connectivity index (χ2n) is 6.34. The molecule has 0 spiro atoms. The summed E-state index contributed by atoms with van der Waals surface area (Å²) >= 11 is 0. The lowest BCUT2D eigenvalue weighted by Crippen LogP contribution is -2.17. The molecule has 114 valence electrons. The van der Waals surface area contributed by atoms with Crippen molar-refractivity contribution >= 4 is 5.82 Å². The molecule has 0 saturated heterocycles. The van der Waals surface area contributed by atoms with Crippen molar-refractivity contribution < 1.29 is 0 Å². The Hall–Kier alpha value is -0.990. The van der Waals surface area contributed by atoms with E-state index in [1.807, 2.05) is 0 Å². The topological polar surface area (TPSA) is 43.8 Å². The highest BCUT2D eigenvalue weighted by atomic mass is 15.2. The maximum Gasteiger partial charge on any atom is 0.127 e. The second-order valence-corrected chi connectivity index (χ2v) is 6.34. The first-order valence-corrected chi connectivity index (χ1v) is 8.59. The van der Waals surface area contributed by atoms with E-state index in [0.29, 0.717) is 6.04 Å². The predicted molar refractivity (Wildman–Crippen MR) is 86.0 cm³/mol. The van der Waals surface area contributed by atoms with Gasteiger partial charge in [-0.3, -0.25) is 0 Å². The minimum absolute atomic E-state index is 0.536. The summed E-state index contributed by atoms with van der Waals surface area (Å²) < 4.78 is 2.28. The first-order chi connectivity index (χ1) is 9.74. The second kappa shape index (κ2) is 7.70. The van der Waals surface area contributed by atoms with E-state index in [1.54, 1.807) is 0 Å². The summed E-state index contributed by atoms with van der Waals surface area (Å²) in [4.78, 5) is 4.79. The molecule has 0 aliphatic carbocycles. The van der Waals surface area contributed by atoms with Crippen molar-refractivity contribution in [1.82, 2.24) is 9.55 Å². The number of fused-ring (bicyclic) bond motifs is 1. The van der Waals surface area contributed by atoms with E-state index in [4.69, 9.17) is 10.7 Å². The van der Waals surface area contributed by atoms with Crippen molar-refractivity contribution in [2.24, 2.45) is 0 Å². The Morgan fingerprint density at radius 1 is 1.15 bits per heavy atom. The van der Waals surface area contributed by atoms with Crippen LogP contribution in [0.3, 0.4) is 0 Å². The minimum atomic E-state index is 0.536. The smallest absolute Gasteiger partial charge is 0.127 e. The number of imidazole rings is 1. The summed E-state index contributed by atoms with van der Waals surface area (Å²) in [5.74, 6) is 2.16. The summed E-state index contributed by atoms with van der Waals surface area (Å²) in [6.07, 6.45) is 14.1. The molecule has 2 heterocycles. The van der Waals surface area contributed by atoms with Crippen LogP contribution in [-0.2, 0) is 12.8 Å². The monoisotopic (exact) mass is 277 g/mol. The van der Waals surface area contributed by atoms with Crippen LogP contribution in [0.25, 0.3) is 0 Å². The molecule has 1 aromatic rings. The van der Waals surface area contributed by atoms with Crippen molar-refractivity contribution in [2.75, 3.05) is 5.73 Å². The molecule has 0 fully saturated rings. The molecule has 2 rings (SSSR count). The number of aromatic nitrogens is 2. The standard InChI is InChI=1S/C17H31N3/c1-3-4-5-6-7-8-9-12-15-17(18)20-14(2)11-10-13-16(20)19-15/h14H,3-13,18H2,1-2H3. The zero-order valence-corrected chi connectivity index (χ0v) is 13.3. The number of rotatable bonds is 8. The Morgan fingerprint density at radius 2 is 1.85 bits per heavy atom. The largest absolute Gasteiger partial charge is 0.384 e. The van der Waals surface area contributed by atoms with Gasteiger partial charge in [-0.1, -0.05) is 45.4 Å². The lowest BCUT2D eigenvalue weighted by atomic mass is 10.1. The summed E-state index contributed by atoms with van der Waals surface area (Å²) in [6.45, 7) is 4.53. The van der Waals surface area contributed by atoms with Gasteiger partial charge in [-0.05, 0) is 32.6 Å². The van der Waals surface area contributed by atoms with Crippen LogP contribution < -0.4 is 5.73 Å². The number of nitrogen functional groups attached to an aromatic ring is 1. The molecule has 0 radical (unpaired) electrons. The van der Waals surface area contributed by atoms with Crippen LogP contribution in [0.15, 0.2) is 0 Å². The molecule has 1 unspecified atom stereocenters. The zero-order valence-electron chi connectivity index (χ0n) is 13.3. The van der Waals surface area contributed by atoms with E-state index in [0.717, 1.165) is 24.4 Å². The van der Waals surface area contributed by atoms with Gasteiger partial charge in [0.05, 0.1) is 5.69 Å². The average Bonchev–Trinajstić information content (AvgIpc) is 2.76. The van der Waals surface area contributed by atoms with Crippen LogP contribution in [0, 0.1) is 0 Å². The maximum atomic E-state index is 6.30. The molecular formula is C17H31N3. The van der Waals surface area contributed by atoms with Gasteiger partial charge >= 0.3 is 0 Å². The minimum Gasteiger partial charge on any atom is -0.384 e. The number of aryl methyl sites for hydroxylation is 2. The fourth-order valence-electron chi connectivity index (χ4n) is 3.33. The Labute approximate surface area is 124 Å². The van der Waals surface area contributed by atoms with Crippen LogP contribution in [0.2, 0.25) is 0 Å². The van der Waals surface area contributed by atoms with Crippen LogP contribution >= 0.6 is 0 Å². The highest BCUT2D eigenvalue weighted by Crippen LogP contribution is 2.29. The van der Waals surface area contributed by atoms with E-state index >= 15 is 0 Å². The van der Waals surface area contributed by atoms with Gasteiger partial charge in [0.25, 0.3) is 0 Å². The number of hydrogen-bond acceptors (Lipinski definition) is 2. The molecule has 1 aromatic heterocycles. The molecule has 1 atom stereocenters. The third-order valence-electron chi connectivity index (χ3n) is 4.58. The first kappa shape index (κ1) is 15.4. The Kier molecular flexibility index (Phi) is 5.93. The molecule has 3 heteroatoms. The Morgan fingerprint density at radius 3 is 2.55 bits per heavy atom. The number of nitrogens with zero attached hydrogens (tertiary/aromatic N) is 2. The SMILES string of the molecule is CCCCCCCCCc1nc2n(c1N)C(C)CCC2. The molecule has 0 amide bonds. The molecule has 0 saturated carbocycles. The lowest BCUT2D eigenvalue weighted by Gasteiger charge is -2.22.